The van der Waals surface area contributed by atoms with Crippen LogP contribution in [-0.2, 0) is 24.3 Å². The highest BCUT2D eigenvalue weighted by atomic mass is 32.2. The number of carbonyl (C=O) groups is 2. The zero-order valence-electron chi connectivity index (χ0n) is 15.2. The summed E-state index contributed by atoms with van der Waals surface area (Å²) in [6.45, 7) is 3.99. The molecule has 1 saturated heterocycles. The molecule has 1 N–H and O–H groups in total. The number of hydrogen-bond acceptors (Lipinski definition) is 5. The van der Waals surface area contributed by atoms with Crippen molar-refractivity contribution in [3.05, 3.63) is 24.3 Å². The molecule has 8 heteroatoms. The minimum atomic E-state index is -3.58. The highest BCUT2D eigenvalue weighted by Gasteiger charge is 2.25. The minimum absolute atomic E-state index is 0.149. The Morgan fingerprint density at radius 2 is 1.81 bits per heavy atom. The molecule has 1 aromatic carbocycles. The summed E-state index contributed by atoms with van der Waals surface area (Å²) < 4.78 is 32.0. The molecule has 0 aromatic heterocycles. The average molecular weight is 382 g/mol. The summed E-state index contributed by atoms with van der Waals surface area (Å²) in [6.07, 6.45) is 3.79. The van der Waals surface area contributed by atoms with E-state index in [4.69, 9.17) is 4.74 Å². The molecule has 0 atom stereocenters. The van der Waals surface area contributed by atoms with Crippen LogP contribution >= 0.6 is 0 Å². The van der Waals surface area contributed by atoms with Gasteiger partial charge in [0.2, 0.25) is 10.0 Å². The van der Waals surface area contributed by atoms with Crippen molar-refractivity contribution in [1.29, 1.82) is 0 Å². The number of amides is 1. The van der Waals surface area contributed by atoms with Crippen molar-refractivity contribution in [2.75, 3.05) is 25.0 Å². The third-order valence-electron chi connectivity index (χ3n) is 4.14. The summed E-state index contributed by atoms with van der Waals surface area (Å²) in [4.78, 5) is 23.5. The van der Waals surface area contributed by atoms with E-state index in [0.717, 1.165) is 25.7 Å². The number of ether oxygens (including phenoxy) is 1. The molecule has 0 saturated carbocycles. The fourth-order valence-corrected chi connectivity index (χ4v) is 4.23. The zero-order valence-corrected chi connectivity index (χ0v) is 16.0. The van der Waals surface area contributed by atoms with Gasteiger partial charge in [-0.25, -0.2) is 8.42 Å². The smallest absolute Gasteiger partial charge is 0.308 e. The Bertz CT molecular complexity index is 738. The molecule has 0 aliphatic carbocycles. The van der Waals surface area contributed by atoms with Crippen LogP contribution in [0.15, 0.2) is 29.2 Å². The van der Waals surface area contributed by atoms with E-state index in [9.17, 15) is 18.0 Å². The number of nitrogens with one attached hydrogen (secondary N) is 1. The first-order valence-corrected chi connectivity index (χ1v) is 10.3. The molecule has 1 heterocycles. The molecule has 0 spiro atoms. The summed E-state index contributed by atoms with van der Waals surface area (Å²) >= 11 is 0. The van der Waals surface area contributed by atoms with Crippen LogP contribution in [0.5, 0.6) is 0 Å². The lowest BCUT2D eigenvalue weighted by Gasteiger charge is -2.20. The van der Waals surface area contributed by atoms with Gasteiger partial charge in [0.15, 0.2) is 6.61 Å². The Balaban J connectivity index is 2.04. The average Bonchev–Trinajstić information content (AvgIpc) is 2.89. The van der Waals surface area contributed by atoms with Gasteiger partial charge in [0.25, 0.3) is 5.91 Å². The summed E-state index contributed by atoms with van der Waals surface area (Å²) in [5, 5.41) is 2.56. The molecule has 1 fully saturated rings. The second-order valence-electron chi connectivity index (χ2n) is 6.66. The molecule has 0 bridgehead atoms. The number of benzene rings is 1. The SMILES string of the molecule is CC(C)C(=O)OCC(=O)Nc1cccc(S(=O)(=O)N2CCCCCC2)c1. The van der Waals surface area contributed by atoms with E-state index in [-0.39, 0.29) is 10.8 Å². The number of anilines is 1. The second-order valence-corrected chi connectivity index (χ2v) is 8.59. The number of esters is 1. The fraction of sp³-hybridized carbons (Fsp3) is 0.556. The highest BCUT2D eigenvalue weighted by molar-refractivity contribution is 7.89. The van der Waals surface area contributed by atoms with Crippen molar-refractivity contribution in [2.24, 2.45) is 5.92 Å². The van der Waals surface area contributed by atoms with Gasteiger partial charge in [-0.1, -0.05) is 32.8 Å². The van der Waals surface area contributed by atoms with Gasteiger partial charge in [-0.3, -0.25) is 9.59 Å². The maximum Gasteiger partial charge on any atom is 0.308 e. The molecule has 1 amide bonds. The van der Waals surface area contributed by atoms with Crippen LogP contribution in [0.4, 0.5) is 5.69 Å². The molecular formula is C18H26N2O5S. The van der Waals surface area contributed by atoms with Gasteiger partial charge >= 0.3 is 5.97 Å². The van der Waals surface area contributed by atoms with E-state index in [1.807, 2.05) is 0 Å². The molecule has 1 aliphatic rings. The predicted molar refractivity (Wildman–Crippen MR) is 98.1 cm³/mol. The molecule has 0 unspecified atom stereocenters. The molecular weight excluding hydrogens is 356 g/mol. The predicted octanol–water partition coefficient (Wildman–Crippen LogP) is 2.39. The number of rotatable bonds is 6. The molecule has 2 rings (SSSR count). The van der Waals surface area contributed by atoms with Crippen LogP contribution in [0.1, 0.15) is 39.5 Å². The van der Waals surface area contributed by atoms with Crippen LogP contribution in [0, 0.1) is 5.92 Å². The number of hydrogen-bond donors (Lipinski definition) is 1. The third-order valence-corrected chi connectivity index (χ3v) is 6.03. The van der Waals surface area contributed by atoms with E-state index in [2.05, 4.69) is 5.32 Å². The zero-order chi connectivity index (χ0) is 19.2. The van der Waals surface area contributed by atoms with Crippen LogP contribution in [0.3, 0.4) is 0 Å². The van der Waals surface area contributed by atoms with Gasteiger partial charge in [-0.2, -0.15) is 4.31 Å². The number of sulfonamides is 1. The molecule has 1 aliphatic heterocycles. The molecule has 26 heavy (non-hydrogen) atoms. The lowest BCUT2D eigenvalue weighted by Crippen LogP contribution is -2.32. The Kier molecular flexibility index (Phi) is 7.16. The molecule has 0 radical (unpaired) electrons. The monoisotopic (exact) mass is 382 g/mol. The fourth-order valence-electron chi connectivity index (χ4n) is 2.67. The van der Waals surface area contributed by atoms with Gasteiger partial charge in [0.05, 0.1) is 10.8 Å². The molecule has 1 aromatic rings. The van der Waals surface area contributed by atoms with Crippen LogP contribution in [0.25, 0.3) is 0 Å². The van der Waals surface area contributed by atoms with Gasteiger partial charge in [-0.15, -0.1) is 0 Å². The normalized spacial score (nSPS) is 16.1. The summed E-state index contributed by atoms with van der Waals surface area (Å²) in [6, 6.07) is 6.14. The maximum atomic E-state index is 12.8. The van der Waals surface area contributed by atoms with E-state index in [0.29, 0.717) is 18.8 Å². The van der Waals surface area contributed by atoms with E-state index in [1.165, 1.54) is 16.4 Å². The van der Waals surface area contributed by atoms with Crippen molar-refractivity contribution in [1.82, 2.24) is 4.31 Å². The minimum Gasteiger partial charge on any atom is -0.455 e. The Morgan fingerprint density at radius 3 is 2.42 bits per heavy atom. The van der Waals surface area contributed by atoms with Crippen molar-refractivity contribution < 1.29 is 22.7 Å². The maximum absolute atomic E-state index is 12.8. The summed E-state index contributed by atoms with van der Waals surface area (Å²) in [5.74, 6) is -1.29. The van der Waals surface area contributed by atoms with Crippen molar-refractivity contribution in [3.8, 4) is 0 Å². The first kappa shape index (κ1) is 20.4. The van der Waals surface area contributed by atoms with Gasteiger partial charge in [0.1, 0.15) is 0 Å². The standard InChI is InChI=1S/C18H26N2O5S/c1-14(2)18(22)25-13-17(21)19-15-8-7-9-16(12-15)26(23,24)20-10-5-3-4-6-11-20/h7-9,12,14H,3-6,10-11,13H2,1-2H3,(H,19,21). The molecule has 7 nitrogen and oxygen atoms in total. The molecule has 144 valence electrons. The number of carbonyl (C=O) groups excluding carboxylic acids is 2. The first-order chi connectivity index (χ1) is 12.3. The number of nitrogens with zero attached hydrogens (tertiary/aromatic N) is 1. The second kappa shape index (κ2) is 9.14. The Labute approximate surface area is 154 Å². The van der Waals surface area contributed by atoms with Crippen LogP contribution < -0.4 is 5.32 Å². The van der Waals surface area contributed by atoms with Crippen molar-refractivity contribution in [2.45, 2.75) is 44.4 Å². The highest BCUT2D eigenvalue weighted by Crippen LogP contribution is 2.22. The van der Waals surface area contributed by atoms with Crippen LogP contribution in [-0.4, -0.2) is 44.3 Å². The van der Waals surface area contributed by atoms with Gasteiger partial charge in [-0.05, 0) is 31.0 Å². The lowest BCUT2D eigenvalue weighted by atomic mass is 10.2. The Morgan fingerprint density at radius 1 is 1.15 bits per heavy atom. The largest absolute Gasteiger partial charge is 0.455 e. The summed E-state index contributed by atoms with van der Waals surface area (Å²) in [7, 11) is -3.58. The van der Waals surface area contributed by atoms with Crippen molar-refractivity contribution >= 4 is 27.6 Å². The van der Waals surface area contributed by atoms with Gasteiger partial charge < -0.3 is 10.1 Å². The van der Waals surface area contributed by atoms with E-state index < -0.39 is 28.5 Å². The van der Waals surface area contributed by atoms with E-state index in [1.54, 1.807) is 26.0 Å². The quantitative estimate of drug-likeness (QED) is 0.763. The first-order valence-electron chi connectivity index (χ1n) is 8.87. The van der Waals surface area contributed by atoms with Gasteiger partial charge in [0, 0.05) is 18.8 Å². The van der Waals surface area contributed by atoms with E-state index >= 15 is 0 Å². The third kappa shape index (κ3) is 5.54. The summed E-state index contributed by atoms with van der Waals surface area (Å²) in [5.41, 5.74) is 0.353. The van der Waals surface area contributed by atoms with Crippen LogP contribution in [0.2, 0.25) is 0 Å². The Hall–Kier alpha value is -1.93. The topological polar surface area (TPSA) is 92.8 Å². The van der Waals surface area contributed by atoms with Crippen molar-refractivity contribution in [3.63, 3.8) is 0 Å². The lowest BCUT2D eigenvalue weighted by molar-refractivity contribution is -0.150.